The van der Waals surface area contributed by atoms with Crippen molar-refractivity contribution in [2.24, 2.45) is 11.1 Å². The Morgan fingerprint density at radius 1 is 1.28 bits per heavy atom. The third-order valence-electron chi connectivity index (χ3n) is 4.95. The number of benzene rings is 1. The molecule has 1 aliphatic rings. The number of hydrogen-bond donors (Lipinski definition) is 2. The van der Waals surface area contributed by atoms with E-state index in [0.29, 0.717) is 45.6 Å². The van der Waals surface area contributed by atoms with Crippen LogP contribution in [-0.4, -0.2) is 41.8 Å². The van der Waals surface area contributed by atoms with Crippen LogP contribution in [0.1, 0.15) is 24.2 Å². The fourth-order valence-corrected chi connectivity index (χ4v) is 3.25. The maximum absolute atomic E-state index is 12.6. The number of nitrogens with one attached hydrogen (secondary N) is 1. The molecule has 1 amide bonds. The summed E-state index contributed by atoms with van der Waals surface area (Å²) >= 11 is 0. The van der Waals surface area contributed by atoms with E-state index in [1.54, 1.807) is 6.20 Å². The van der Waals surface area contributed by atoms with Gasteiger partial charge in [-0.2, -0.15) is 0 Å². The third kappa shape index (κ3) is 4.27. The topological polar surface area (TPSA) is 82.2 Å². The zero-order valence-corrected chi connectivity index (χ0v) is 14.5. The van der Waals surface area contributed by atoms with Crippen LogP contribution in [0.25, 0.3) is 0 Å². The van der Waals surface area contributed by atoms with Gasteiger partial charge in [-0.3, -0.25) is 4.79 Å². The highest BCUT2D eigenvalue weighted by atomic mass is 16.5. The molecule has 1 aliphatic heterocycles. The zero-order valence-electron chi connectivity index (χ0n) is 14.5. The first-order valence-corrected chi connectivity index (χ1v) is 8.83. The van der Waals surface area contributed by atoms with Gasteiger partial charge in [0.15, 0.2) is 0 Å². The SMILES string of the molecule is NCC1(C(=O)NCCc2nccn2Cc2ccccc2)CCOCC1. The van der Waals surface area contributed by atoms with E-state index in [1.807, 2.05) is 24.4 Å². The first kappa shape index (κ1) is 17.6. The Labute approximate surface area is 148 Å². The Kier molecular flexibility index (Phi) is 5.83. The Hall–Kier alpha value is -2.18. The predicted octanol–water partition coefficient (Wildman–Crippen LogP) is 1.35. The van der Waals surface area contributed by atoms with Crippen molar-refractivity contribution >= 4 is 5.91 Å². The monoisotopic (exact) mass is 342 g/mol. The normalized spacial score (nSPS) is 16.5. The van der Waals surface area contributed by atoms with E-state index in [4.69, 9.17) is 10.5 Å². The van der Waals surface area contributed by atoms with Crippen molar-refractivity contribution in [1.29, 1.82) is 0 Å². The molecule has 0 bridgehead atoms. The Bertz CT molecular complexity index is 678. The van der Waals surface area contributed by atoms with E-state index in [2.05, 4.69) is 27.0 Å². The molecule has 134 valence electrons. The van der Waals surface area contributed by atoms with E-state index >= 15 is 0 Å². The van der Waals surface area contributed by atoms with Crippen molar-refractivity contribution in [1.82, 2.24) is 14.9 Å². The molecule has 1 aromatic heterocycles. The molecule has 2 heterocycles. The number of nitrogens with zero attached hydrogens (tertiary/aromatic N) is 2. The van der Waals surface area contributed by atoms with Crippen LogP contribution in [0.4, 0.5) is 0 Å². The lowest BCUT2D eigenvalue weighted by molar-refractivity contribution is -0.135. The van der Waals surface area contributed by atoms with Gasteiger partial charge >= 0.3 is 0 Å². The quantitative estimate of drug-likeness (QED) is 0.796. The van der Waals surface area contributed by atoms with Crippen molar-refractivity contribution in [3.63, 3.8) is 0 Å². The molecule has 0 aliphatic carbocycles. The van der Waals surface area contributed by atoms with Crippen molar-refractivity contribution in [2.45, 2.75) is 25.8 Å². The highest BCUT2D eigenvalue weighted by molar-refractivity contribution is 5.83. The summed E-state index contributed by atoms with van der Waals surface area (Å²) in [6.45, 7) is 2.92. The number of amides is 1. The number of aromatic nitrogens is 2. The van der Waals surface area contributed by atoms with Gasteiger partial charge in [-0.05, 0) is 18.4 Å². The molecular weight excluding hydrogens is 316 g/mol. The van der Waals surface area contributed by atoms with E-state index in [-0.39, 0.29) is 5.91 Å². The van der Waals surface area contributed by atoms with Gasteiger partial charge in [0.25, 0.3) is 0 Å². The van der Waals surface area contributed by atoms with Gasteiger partial charge in [-0.25, -0.2) is 4.98 Å². The molecule has 0 saturated carbocycles. The number of rotatable bonds is 7. The van der Waals surface area contributed by atoms with Crippen molar-refractivity contribution in [2.75, 3.05) is 26.3 Å². The maximum Gasteiger partial charge on any atom is 0.227 e. The molecule has 0 unspecified atom stereocenters. The van der Waals surface area contributed by atoms with Gasteiger partial charge in [-0.15, -0.1) is 0 Å². The molecule has 1 fully saturated rings. The molecule has 6 nitrogen and oxygen atoms in total. The standard InChI is InChI=1S/C19H26N4O2/c20-15-19(7-12-25-13-8-19)18(24)22-9-6-17-21-10-11-23(17)14-16-4-2-1-3-5-16/h1-5,10-11H,6-9,12-15,20H2,(H,22,24). The van der Waals surface area contributed by atoms with Gasteiger partial charge in [0, 0.05) is 51.7 Å². The third-order valence-corrected chi connectivity index (χ3v) is 4.95. The molecule has 3 N–H and O–H groups in total. The van der Waals surface area contributed by atoms with Crippen LogP contribution < -0.4 is 11.1 Å². The molecule has 0 atom stereocenters. The molecule has 3 rings (SSSR count). The van der Waals surface area contributed by atoms with E-state index in [0.717, 1.165) is 12.4 Å². The molecule has 0 spiro atoms. The van der Waals surface area contributed by atoms with E-state index in [1.165, 1.54) is 5.56 Å². The average Bonchev–Trinajstić information content (AvgIpc) is 3.10. The number of imidazole rings is 1. The van der Waals surface area contributed by atoms with Crippen LogP contribution in [0.15, 0.2) is 42.7 Å². The number of carbonyl (C=O) groups is 1. The van der Waals surface area contributed by atoms with Gasteiger partial charge < -0.3 is 20.4 Å². The van der Waals surface area contributed by atoms with Crippen LogP contribution in [0, 0.1) is 5.41 Å². The summed E-state index contributed by atoms with van der Waals surface area (Å²) in [6, 6.07) is 10.3. The van der Waals surface area contributed by atoms with Gasteiger partial charge in [0.1, 0.15) is 5.82 Å². The van der Waals surface area contributed by atoms with E-state index in [9.17, 15) is 4.79 Å². The molecule has 1 saturated heterocycles. The smallest absolute Gasteiger partial charge is 0.227 e. The highest BCUT2D eigenvalue weighted by Crippen LogP contribution is 2.29. The van der Waals surface area contributed by atoms with Crippen LogP contribution in [0.3, 0.4) is 0 Å². The molecule has 6 heteroatoms. The van der Waals surface area contributed by atoms with Crippen molar-refractivity contribution in [3.05, 3.63) is 54.1 Å². The van der Waals surface area contributed by atoms with Gasteiger partial charge in [0.05, 0.1) is 5.41 Å². The second kappa shape index (κ2) is 8.27. The summed E-state index contributed by atoms with van der Waals surface area (Å²) in [5, 5.41) is 3.05. The molecule has 1 aromatic carbocycles. The summed E-state index contributed by atoms with van der Waals surface area (Å²) in [4.78, 5) is 17.0. The summed E-state index contributed by atoms with van der Waals surface area (Å²) in [6.07, 6.45) is 5.86. The first-order valence-electron chi connectivity index (χ1n) is 8.83. The summed E-state index contributed by atoms with van der Waals surface area (Å²) in [5.74, 6) is 1.01. The van der Waals surface area contributed by atoms with Crippen LogP contribution in [0.5, 0.6) is 0 Å². The largest absolute Gasteiger partial charge is 0.381 e. The lowest BCUT2D eigenvalue weighted by Crippen LogP contribution is -2.49. The number of hydrogen-bond acceptors (Lipinski definition) is 4. The highest BCUT2D eigenvalue weighted by Gasteiger charge is 2.38. The average molecular weight is 342 g/mol. The van der Waals surface area contributed by atoms with Crippen LogP contribution in [0.2, 0.25) is 0 Å². The summed E-state index contributed by atoms with van der Waals surface area (Å²) in [7, 11) is 0. The van der Waals surface area contributed by atoms with E-state index < -0.39 is 5.41 Å². The minimum absolute atomic E-state index is 0.0412. The Morgan fingerprint density at radius 3 is 2.76 bits per heavy atom. The Morgan fingerprint density at radius 2 is 2.04 bits per heavy atom. The molecule has 0 radical (unpaired) electrons. The van der Waals surface area contributed by atoms with Gasteiger partial charge in [-0.1, -0.05) is 30.3 Å². The predicted molar refractivity (Wildman–Crippen MR) is 96.0 cm³/mol. The summed E-state index contributed by atoms with van der Waals surface area (Å²) < 4.78 is 7.48. The minimum Gasteiger partial charge on any atom is -0.381 e. The maximum atomic E-state index is 12.6. The number of ether oxygens (including phenoxy) is 1. The lowest BCUT2D eigenvalue weighted by Gasteiger charge is -2.34. The van der Waals surface area contributed by atoms with Crippen LogP contribution >= 0.6 is 0 Å². The number of carbonyl (C=O) groups excluding carboxylic acids is 1. The molecule has 2 aromatic rings. The molecule has 25 heavy (non-hydrogen) atoms. The number of nitrogens with two attached hydrogens (primary N) is 1. The minimum atomic E-state index is -0.474. The van der Waals surface area contributed by atoms with Crippen molar-refractivity contribution < 1.29 is 9.53 Å². The molecular formula is C19H26N4O2. The van der Waals surface area contributed by atoms with Crippen LogP contribution in [-0.2, 0) is 22.5 Å². The second-order valence-electron chi connectivity index (χ2n) is 6.56. The fraction of sp³-hybridized carbons (Fsp3) is 0.474. The summed E-state index contributed by atoms with van der Waals surface area (Å²) in [5.41, 5.74) is 6.64. The Balaban J connectivity index is 1.54. The van der Waals surface area contributed by atoms with Gasteiger partial charge in [0.2, 0.25) is 5.91 Å². The lowest BCUT2D eigenvalue weighted by atomic mass is 9.79. The van der Waals surface area contributed by atoms with Crippen molar-refractivity contribution in [3.8, 4) is 0 Å². The fourth-order valence-electron chi connectivity index (χ4n) is 3.25. The second-order valence-corrected chi connectivity index (χ2v) is 6.56. The first-order chi connectivity index (χ1) is 12.2. The zero-order chi connectivity index (χ0) is 17.5.